The van der Waals surface area contributed by atoms with Gasteiger partial charge in [0, 0.05) is 36.7 Å². The lowest BCUT2D eigenvalue weighted by Gasteiger charge is -2.26. The van der Waals surface area contributed by atoms with Crippen molar-refractivity contribution in [2.45, 2.75) is 37.5 Å². The van der Waals surface area contributed by atoms with E-state index in [0.717, 1.165) is 37.8 Å². The maximum atomic E-state index is 12.9. The molecule has 37 heavy (non-hydrogen) atoms. The van der Waals surface area contributed by atoms with E-state index in [9.17, 15) is 18.0 Å². The van der Waals surface area contributed by atoms with Crippen molar-refractivity contribution < 1.29 is 22.7 Å². The zero-order chi connectivity index (χ0) is 26.3. The summed E-state index contributed by atoms with van der Waals surface area (Å²) in [4.78, 5) is 34.2. The quantitative estimate of drug-likeness (QED) is 0.282. The lowest BCUT2D eigenvalue weighted by Crippen LogP contribution is -2.31. The number of carbonyl (C=O) groups excluding carboxylic acids is 2. The van der Waals surface area contributed by atoms with E-state index in [1.54, 1.807) is 24.3 Å². The summed E-state index contributed by atoms with van der Waals surface area (Å²) in [6.45, 7) is 5.32. The molecule has 196 valence electrons. The van der Waals surface area contributed by atoms with Crippen molar-refractivity contribution >= 4 is 49.4 Å². The Kier molecular flexibility index (Phi) is 9.12. The van der Waals surface area contributed by atoms with Crippen LogP contribution in [-0.4, -0.2) is 66.2 Å². The molecule has 0 radical (unpaired) electrons. The highest BCUT2D eigenvalue weighted by Crippen LogP contribution is 2.22. The lowest BCUT2D eigenvalue weighted by molar-refractivity contribution is -0.109. The molecule has 9 nitrogen and oxygen atoms in total. The number of thioether (sulfide) groups is 1. The van der Waals surface area contributed by atoms with Gasteiger partial charge in [-0.2, -0.15) is 0 Å². The van der Waals surface area contributed by atoms with Crippen molar-refractivity contribution in [1.29, 1.82) is 0 Å². The Morgan fingerprint density at radius 1 is 1.08 bits per heavy atom. The number of anilines is 1. The smallest absolute Gasteiger partial charge is 0.263 e. The molecule has 0 unspecified atom stereocenters. The van der Waals surface area contributed by atoms with E-state index < -0.39 is 10.0 Å². The van der Waals surface area contributed by atoms with Crippen LogP contribution < -0.4 is 9.46 Å². The Morgan fingerprint density at radius 3 is 2.62 bits per heavy atom. The van der Waals surface area contributed by atoms with Gasteiger partial charge in [-0.3, -0.25) is 14.3 Å². The summed E-state index contributed by atoms with van der Waals surface area (Å²) in [6.07, 6.45) is 6.09. The molecule has 1 aromatic carbocycles. The van der Waals surface area contributed by atoms with Gasteiger partial charge in [-0.05, 0) is 68.8 Å². The van der Waals surface area contributed by atoms with Crippen LogP contribution in [-0.2, 0) is 14.8 Å². The Morgan fingerprint density at radius 2 is 1.89 bits per heavy atom. The highest BCUT2D eigenvalue weighted by atomic mass is 32.2. The summed E-state index contributed by atoms with van der Waals surface area (Å²) in [5, 5.41) is 0.517. The summed E-state index contributed by atoms with van der Waals surface area (Å²) in [7, 11) is -3.91. The number of Topliss-reactive ketones (excluding diaryl/α,β-unsaturated/α-hetero) is 1. The Hall–Kier alpha value is -3.02. The molecule has 4 rings (SSSR count). The van der Waals surface area contributed by atoms with E-state index in [2.05, 4.69) is 19.6 Å². The summed E-state index contributed by atoms with van der Waals surface area (Å²) < 4.78 is 34.1. The molecule has 0 bridgehead atoms. The second-order valence-electron chi connectivity index (χ2n) is 8.85. The predicted molar refractivity (Wildman–Crippen MR) is 145 cm³/mol. The van der Waals surface area contributed by atoms with Crippen molar-refractivity contribution in [2.24, 2.45) is 0 Å². The fraction of sp³-hybridized carbons (Fsp3) is 0.385. The highest BCUT2D eigenvalue weighted by Gasteiger charge is 2.17. The van der Waals surface area contributed by atoms with Crippen LogP contribution in [0.3, 0.4) is 0 Å². The first-order valence-corrected chi connectivity index (χ1v) is 14.7. The number of hydrogen-bond donors (Lipinski definition) is 1. The summed E-state index contributed by atoms with van der Waals surface area (Å²) in [5.41, 5.74) is 0.940. The lowest BCUT2D eigenvalue weighted by atomic mass is 10.1. The average molecular weight is 543 g/mol. The number of hydrogen-bond acceptors (Lipinski definition) is 9. The van der Waals surface area contributed by atoms with E-state index in [1.165, 1.54) is 50.6 Å². The molecule has 2 aromatic heterocycles. The van der Waals surface area contributed by atoms with Crippen molar-refractivity contribution in [3.05, 3.63) is 54.2 Å². The van der Waals surface area contributed by atoms with Crippen molar-refractivity contribution in [3.8, 4) is 5.88 Å². The number of ketones is 1. The minimum Gasteiger partial charge on any atom is -0.478 e. The number of nitrogens with one attached hydrogen (secondary N) is 1. The van der Waals surface area contributed by atoms with E-state index in [0.29, 0.717) is 29.0 Å². The first-order chi connectivity index (χ1) is 17.8. The molecular formula is C26H30N4O5S2. The molecule has 3 aromatic rings. The van der Waals surface area contributed by atoms with E-state index in [1.807, 2.05) is 0 Å². The second-order valence-corrected chi connectivity index (χ2v) is 11.7. The van der Waals surface area contributed by atoms with Gasteiger partial charge in [0.05, 0.1) is 22.8 Å². The minimum atomic E-state index is -3.91. The van der Waals surface area contributed by atoms with Crippen LogP contribution in [0.5, 0.6) is 5.88 Å². The Labute approximate surface area is 221 Å². The Balaban J connectivity index is 1.35. The molecule has 0 atom stereocenters. The van der Waals surface area contributed by atoms with Crippen LogP contribution >= 0.6 is 11.8 Å². The topological polar surface area (TPSA) is 119 Å². The number of piperidine rings is 1. The molecule has 0 aliphatic carbocycles. The monoisotopic (exact) mass is 542 g/mol. The van der Waals surface area contributed by atoms with E-state index >= 15 is 0 Å². The third kappa shape index (κ3) is 7.73. The zero-order valence-electron chi connectivity index (χ0n) is 20.7. The Bertz CT molecular complexity index is 1360. The third-order valence-electron chi connectivity index (χ3n) is 5.99. The van der Waals surface area contributed by atoms with Gasteiger partial charge in [-0.1, -0.05) is 18.2 Å². The number of carbonyl (C=O) groups is 2. The van der Waals surface area contributed by atoms with Crippen LogP contribution in [0.15, 0.2) is 53.6 Å². The number of aromatic nitrogens is 2. The van der Waals surface area contributed by atoms with Crippen molar-refractivity contribution in [3.63, 3.8) is 0 Å². The minimum absolute atomic E-state index is 0.0125. The van der Waals surface area contributed by atoms with Gasteiger partial charge >= 0.3 is 0 Å². The predicted octanol–water partition coefficient (Wildman–Crippen LogP) is 4.15. The number of sulfonamides is 1. The number of nitrogens with zero attached hydrogens (tertiary/aromatic N) is 3. The molecule has 1 aliphatic rings. The molecule has 3 heterocycles. The van der Waals surface area contributed by atoms with Crippen molar-refractivity contribution in [1.82, 2.24) is 14.9 Å². The average Bonchev–Trinajstić information content (AvgIpc) is 2.90. The van der Waals surface area contributed by atoms with Gasteiger partial charge in [0.1, 0.15) is 5.82 Å². The molecule has 0 spiro atoms. The molecule has 1 fully saturated rings. The maximum Gasteiger partial charge on any atom is 0.263 e. The number of ether oxygens (including phenoxy) is 1. The van der Waals surface area contributed by atoms with Crippen LogP contribution in [0.4, 0.5) is 5.82 Å². The molecule has 11 heteroatoms. The largest absolute Gasteiger partial charge is 0.478 e. The summed E-state index contributed by atoms with van der Waals surface area (Å²) in [5.74, 6) is 0.357. The van der Waals surface area contributed by atoms with Gasteiger partial charge in [-0.15, -0.1) is 0 Å². The van der Waals surface area contributed by atoms with Gasteiger partial charge in [-0.25, -0.2) is 18.4 Å². The first-order valence-electron chi connectivity index (χ1n) is 12.2. The van der Waals surface area contributed by atoms with Gasteiger partial charge < -0.3 is 9.64 Å². The molecule has 1 aliphatic heterocycles. The molecular weight excluding hydrogens is 512 g/mol. The number of pyridine rings is 2. The first kappa shape index (κ1) is 27.0. The molecule has 1 N–H and O–H groups in total. The summed E-state index contributed by atoms with van der Waals surface area (Å²) >= 11 is 0.915. The number of rotatable bonds is 11. The zero-order valence-corrected chi connectivity index (χ0v) is 22.3. The van der Waals surface area contributed by atoms with Gasteiger partial charge in [0.2, 0.25) is 5.88 Å². The SMILES string of the molecule is CC(=O)SCC(=O)c1ccc(NS(=O)(=O)c2ccc3nc(OCCCN4CCCCC4)ccc3c2)nc1. The van der Waals surface area contributed by atoms with Crippen LogP contribution in [0.1, 0.15) is 43.0 Å². The van der Waals surface area contributed by atoms with Crippen molar-refractivity contribution in [2.75, 3.05) is 36.7 Å². The van der Waals surface area contributed by atoms with Crippen LogP contribution in [0, 0.1) is 0 Å². The van der Waals surface area contributed by atoms with Gasteiger partial charge in [0.25, 0.3) is 10.0 Å². The summed E-state index contributed by atoms with van der Waals surface area (Å²) in [6, 6.07) is 11.1. The maximum absolute atomic E-state index is 12.9. The fourth-order valence-electron chi connectivity index (χ4n) is 4.05. The number of likely N-dealkylation sites (tertiary alicyclic amines) is 1. The van der Waals surface area contributed by atoms with Crippen LogP contribution in [0.25, 0.3) is 10.9 Å². The molecule has 0 amide bonds. The number of fused-ring (bicyclic) bond motifs is 1. The number of benzene rings is 1. The van der Waals surface area contributed by atoms with Crippen LogP contribution in [0.2, 0.25) is 0 Å². The normalized spacial score (nSPS) is 14.4. The highest BCUT2D eigenvalue weighted by molar-refractivity contribution is 8.14. The molecule has 1 saturated heterocycles. The standard InChI is InChI=1S/C26H30N4O5S2/c1-19(31)36-18-24(32)21-6-10-25(27-17-21)29-37(33,34)22-8-9-23-20(16-22)7-11-26(28-23)35-15-5-14-30-12-3-2-4-13-30/h6-11,16-17H,2-5,12-15,18H2,1H3,(H,27,29). The fourth-order valence-corrected chi connectivity index (χ4v) is 5.59. The van der Waals surface area contributed by atoms with E-state index in [4.69, 9.17) is 4.74 Å². The van der Waals surface area contributed by atoms with Gasteiger partial charge in [0.15, 0.2) is 10.9 Å². The van der Waals surface area contributed by atoms with E-state index in [-0.39, 0.29) is 27.4 Å². The second kappa shape index (κ2) is 12.5. The third-order valence-corrected chi connectivity index (χ3v) is 8.16. The molecule has 0 saturated carbocycles.